The molecule has 0 radical (unpaired) electrons. The van der Waals surface area contributed by atoms with Crippen molar-refractivity contribution >= 4 is 11.9 Å². The van der Waals surface area contributed by atoms with E-state index >= 15 is 0 Å². The minimum absolute atomic E-state index is 0.256. The third kappa shape index (κ3) is 3.70. The summed E-state index contributed by atoms with van der Waals surface area (Å²) in [6, 6.07) is 0. The van der Waals surface area contributed by atoms with Crippen molar-refractivity contribution in [1.29, 1.82) is 0 Å². The molecule has 2 N–H and O–H groups in total. The summed E-state index contributed by atoms with van der Waals surface area (Å²) in [5.74, 6) is -2.24. The molecule has 0 aromatic heterocycles. The van der Waals surface area contributed by atoms with E-state index in [0.29, 0.717) is 13.1 Å². The molecule has 0 saturated carbocycles. The molecule has 0 bridgehead atoms. The predicted molar refractivity (Wildman–Crippen MR) is 64.6 cm³/mol. The number of hydrogen-bond acceptors (Lipinski definition) is 3. The van der Waals surface area contributed by atoms with Crippen molar-refractivity contribution in [1.82, 2.24) is 10.2 Å². The molecular weight excluding hydrogens is 220 g/mol. The zero-order valence-corrected chi connectivity index (χ0v) is 10.8. The highest BCUT2D eigenvalue weighted by Crippen LogP contribution is 2.28. The van der Waals surface area contributed by atoms with Gasteiger partial charge in [0.15, 0.2) is 0 Å². The standard InChI is InChI=1S/C12H22N2O3/c1-12(2,3)9(11(16)17)10(15)14-7-4-5-13-6-8-14/h9,13H,4-8H2,1-3H3,(H,16,17). The molecule has 1 unspecified atom stereocenters. The highest BCUT2D eigenvalue weighted by Gasteiger charge is 2.40. The van der Waals surface area contributed by atoms with E-state index in [2.05, 4.69) is 5.32 Å². The van der Waals surface area contributed by atoms with Gasteiger partial charge >= 0.3 is 5.97 Å². The lowest BCUT2D eigenvalue weighted by atomic mass is 9.80. The van der Waals surface area contributed by atoms with Crippen molar-refractivity contribution < 1.29 is 14.7 Å². The topological polar surface area (TPSA) is 69.6 Å². The number of amides is 1. The first-order valence-corrected chi connectivity index (χ1v) is 6.06. The molecule has 1 rings (SSSR count). The lowest BCUT2D eigenvalue weighted by molar-refractivity contribution is -0.156. The van der Waals surface area contributed by atoms with Crippen molar-refractivity contribution in [2.75, 3.05) is 26.2 Å². The Kier molecular flexibility index (Phi) is 4.51. The van der Waals surface area contributed by atoms with Gasteiger partial charge in [0.1, 0.15) is 5.92 Å². The number of aliphatic carboxylic acids is 1. The molecule has 98 valence electrons. The minimum Gasteiger partial charge on any atom is -0.481 e. The Balaban J connectivity index is 2.80. The fourth-order valence-electron chi connectivity index (χ4n) is 2.10. The highest BCUT2D eigenvalue weighted by atomic mass is 16.4. The summed E-state index contributed by atoms with van der Waals surface area (Å²) >= 11 is 0. The van der Waals surface area contributed by atoms with Crippen LogP contribution in [-0.4, -0.2) is 48.1 Å². The molecule has 0 aliphatic carbocycles. The highest BCUT2D eigenvalue weighted by molar-refractivity contribution is 5.97. The van der Waals surface area contributed by atoms with Crippen LogP contribution in [0.5, 0.6) is 0 Å². The van der Waals surface area contributed by atoms with Gasteiger partial charge in [0.2, 0.25) is 5.91 Å². The fourth-order valence-corrected chi connectivity index (χ4v) is 2.10. The summed E-state index contributed by atoms with van der Waals surface area (Å²) in [4.78, 5) is 25.2. The molecule has 1 fully saturated rings. The Morgan fingerprint density at radius 1 is 1.24 bits per heavy atom. The quantitative estimate of drug-likeness (QED) is 0.694. The van der Waals surface area contributed by atoms with E-state index in [-0.39, 0.29) is 5.91 Å². The average molecular weight is 242 g/mol. The number of carboxylic acid groups (broad SMARTS) is 1. The molecular formula is C12H22N2O3. The summed E-state index contributed by atoms with van der Waals surface area (Å²) < 4.78 is 0. The van der Waals surface area contributed by atoms with Gasteiger partial charge in [0.05, 0.1) is 0 Å². The minimum atomic E-state index is -1.03. The first-order valence-electron chi connectivity index (χ1n) is 6.06. The van der Waals surface area contributed by atoms with Crippen LogP contribution in [0.3, 0.4) is 0 Å². The van der Waals surface area contributed by atoms with Gasteiger partial charge in [0.25, 0.3) is 0 Å². The summed E-state index contributed by atoms with van der Waals surface area (Å²) in [7, 11) is 0. The van der Waals surface area contributed by atoms with Crippen LogP contribution < -0.4 is 5.32 Å². The maximum Gasteiger partial charge on any atom is 0.316 e. The summed E-state index contributed by atoms with van der Waals surface area (Å²) in [5.41, 5.74) is -0.553. The second-order valence-corrected chi connectivity index (χ2v) is 5.57. The molecule has 1 amide bonds. The Bertz CT molecular complexity index is 289. The fraction of sp³-hybridized carbons (Fsp3) is 0.833. The van der Waals surface area contributed by atoms with Crippen LogP contribution in [0.25, 0.3) is 0 Å². The van der Waals surface area contributed by atoms with Crippen LogP contribution in [0.4, 0.5) is 0 Å². The van der Waals surface area contributed by atoms with Gasteiger partial charge in [-0.2, -0.15) is 0 Å². The summed E-state index contributed by atoms with van der Waals surface area (Å²) in [5, 5.41) is 12.4. The Labute approximate surface area is 102 Å². The number of carbonyl (C=O) groups is 2. The second-order valence-electron chi connectivity index (χ2n) is 5.57. The van der Waals surface area contributed by atoms with Crippen LogP contribution >= 0.6 is 0 Å². The van der Waals surface area contributed by atoms with Crippen LogP contribution in [0.1, 0.15) is 27.2 Å². The Hall–Kier alpha value is -1.10. The third-order valence-corrected chi connectivity index (χ3v) is 3.01. The van der Waals surface area contributed by atoms with Crippen molar-refractivity contribution in [2.45, 2.75) is 27.2 Å². The average Bonchev–Trinajstić information content (AvgIpc) is 2.42. The summed E-state index contributed by atoms with van der Waals surface area (Å²) in [6.07, 6.45) is 0.877. The molecule has 1 saturated heterocycles. The molecule has 1 aliphatic heterocycles. The molecule has 1 atom stereocenters. The third-order valence-electron chi connectivity index (χ3n) is 3.01. The van der Waals surface area contributed by atoms with E-state index in [1.807, 2.05) is 0 Å². The second kappa shape index (κ2) is 5.49. The van der Waals surface area contributed by atoms with Crippen LogP contribution in [0.15, 0.2) is 0 Å². The molecule has 0 aromatic rings. The predicted octanol–water partition coefficient (Wildman–Crippen LogP) is 0.555. The summed E-state index contributed by atoms with van der Waals surface area (Å²) in [6.45, 7) is 8.24. The van der Waals surface area contributed by atoms with Crippen LogP contribution in [0.2, 0.25) is 0 Å². The molecule has 0 spiro atoms. The van der Waals surface area contributed by atoms with Gasteiger partial charge in [-0.3, -0.25) is 9.59 Å². The number of nitrogens with one attached hydrogen (secondary N) is 1. The SMILES string of the molecule is CC(C)(C)C(C(=O)O)C(=O)N1CCCNCC1. The van der Waals surface area contributed by atoms with E-state index in [0.717, 1.165) is 19.5 Å². The van der Waals surface area contributed by atoms with Gasteiger partial charge in [-0.25, -0.2) is 0 Å². The van der Waals surface area contributed by atoms with E-state index in [1.54, 1.807) is 25.7 Å². The molecule has 5 nitrogen and oxygen atoms in total. The maximum atomic E-state index is 12.3. The molecule has 5 heteroatoms. The smallest absolute Gasteiger partial charge is 0.316 e. The van der Waals surface area contributed by atoms with E-state index < -0.39 is 17.3 Å². The molecule has 17 heavy (non-hydrogen) atoms. The van der Waals surface area contributed by atoms with Crippen molar-refractivity contribution in [3.8, 4) is 0 Å². The van der Waals surface area contributed by atoms with Crippen molar-refractivity contribution in [2.24, 2.45) is 11.3 Å². The van der Waals surface area contributed by atoms with Crippen LogP contribution in [0, 0.1) is 11.3 Å². The Morgan fingerprint density at radius 2 is 1.88 bits per heavy atom. The number of carboxylic acids is 1. The van der Waals surface area contributed by atoms with Crippen LogP contribution in [-0.2, 0) is 9.59 Å². The number of hydrogen-bond donors (Lipinski definition) is 2. The Morgan fingerprint density at radius 3 is 2.41 bits per heavy atom. The largest absolute Gasteiger partial charge is 0.481 e. The molecule has 0 aromatic carbocycles. The number of nitrogens with zero attached hydrogens (tertiary/aromatic N) is 1. The lowest BCUT2D eigenvalue weighted by Crippen LogP contribution is -2.46. The monoisotopic (exact) mass is 242 g/mol. The number of carbonyl (C=O) groups excluding carboxylic acids is 1. The zero-order chi connectivity index (χ0) is 13.1. The van der Waals surface area contributed by atoms with Crippen molar-refractivity contribution in [3.05, 3.63) is 0 Å². The van der Waals surface area contributed by atoms with Gasteiger partial charge in [-0.15, -0.1) is 0 Å². The van der Waals surface area contributed by atoms with Gasteiger partial charge in [-0.1, -0.05) is 20.8 Å². The van der Waals surface area contributed by atoms with Gasteiger partial charge < -0.3 is 15.3 Å². The normalized spacial score (nSPS) is 19.6. The molecule has 1 heterocycles. The van der Waals surface area contributed by atoms with Gasteiger partial charge in [0, 0.05) is 19.6 Å². The van der Waals surface area contributed by atoms with Crippen molar-refractivity contribution in [3.63, 3.8) is 0 Å². The van der Waals surface area contributed by atoms with E-state index in [1.165, 1.54) is 0 Å². The van der Waals surface area contributed by atoms with E-state index in [4.69, 9.17) is 0 Å². The zero-order valence-electron chi connectivity index (χ0n) is 10.8. The maximum absolute atomic E-state index is 12.3. The first kappa shape index (κ1) is 14.0. The molecule has 1 aliphatic rings. The lowest BCUT2D eigenvalue weighted by Gasteiger charge is -2.31. The first-order chi connectivity index (χ1) is 7.84. The van der Waals surface area contributed by atoms with Gasteiger partial charge in [-0.05, 0) is 18.4 Å². The van der Waals surface area contributed by atoms with E-state index in [9.17, 15) is 14.7 Å². The number of rotatable bonds is 2.